The maximum Gasteiger partial charge on any atom is 0.259 e. The fraction of sp³-hybridized carbons (Fsp3) is 0.107. The molecule has 4 aromatic rings. The van der Waals surface area contributed by atoms with Crippen LogP contribution in [0.1, 0.15) is 22.5 Å². The highest BCUT2D eigenvalue weighted by Gasteiger charge is 2.36. The van der Waals surface area contributed by atoms with Crippen molar-refractivity contribution in [1.29, 1.82) is 0 Å². The Kier molecular flexibility index (Phi) is 7.83. The summed E-state index contributed by atoms with van der Waals surface area (Å²) < 4.78 is 5.11. The van der Waals surface area contributed by atoms with Crippen LogP contribution in [0.15, 0.2) is 119 Å². The van der Waals surface area contributed by atoms with Crippen LogP contribution in [0, 0.1) is 0 Å². The maximum absolute atomic E-state index is 12.7. The minimum Gasteiger partial charge on any atom is -0.463 e. The Labute approximate surface area is 203 Å². The highest BCUT2D eigenvalue weighted by Crippen LogP contribution is 2.36. The molecule has 7 nitrogen and oxygen atoms in total. The lowest BCUT2D eigenvalue weighted by molar-refractivity contribution is -0.125. The molecule has 0 unspecified atom stereocenters. The minimum atomic E-state index is -0.767. The highest BCUT2D eigenvalue weighted by atomic mass is 16.3. The number of carbonyl (C=O) groups excluding carboxylic acids is 2. The zero-order valence-electron chi connectivity index (χ0n) is 19.1. The number of carbonyl (C=O) groups is 2. The molecule has 0 aliphatic rings. The topological polar surface area (TPSA) is 95.7 Å². The van der Waals surface area contributed by atoms with Crippen molar-refractivity contribution in [1.82, 2.24) is 16.1 Å². The van der Waals surface area contributed by atoms with Gasteiger partial charge in [-0.25, -0.2) is 5.43 Å². The first-order valence-corrected chi connectivity index (χ1v) is 11.2. The van der Waals surface area contributed by atoms with Crippen LogP contribution in [-0.2, 0) is 15.1 Å². The molecular formula is C28H26N4O3. The molecular weight excluding hydrogens is 440 g/mol. The van der Waals surface area contributed by atoms with Gasteiger partial charge >= 0.3 is 0 Å². The smallest absolute Gasteiger partial charge is 0.259 e. The van der Waals surface area contributed by atoms with Crippen molar-refractivity contribution in [2.24, 2.45) is 5.10 Å². The van der Waals surface area contributed by atoms with Crippen molar-refractivity contribution < 1.29 is 14.0 Å². The van der Waals surface area contributed by atoms with Gasteiger partial charge in [-0.2, -0.15) is 5.10 Å². The number of furan rings is 1. The van der Waals surface area contributed by atoms with Crippen molar-refractivity contribution in [2.75, 3.05) is 13.1 Å². The first-order valence-electron chi connectivity index (χ1n) is 11.2. The summed E-state index contributed by atoms with van der Waals surface area (Å²) in [6.07, 6.45) is 2.89. The second-order valence-corrected chi connectivity index (χ2v) is 7.79. The van der Waals surface area contributed by atoms with Gasteiger partial charge < -0.3 is 9.73 Å². The molecule has 0 saturated carbocycles. The van der Waals surface area contributed by atoms with Crippen molar-refractivity contribution >= 4 is 18.0 Å². The Bertz CT molecular complexity index is 1140. The Morgan fingerprint density at radius 2 is 1.26 bits per heavy atom. The lowest BCUT2D eigenvalue weighted by atomic mass is 9.77. The molecule has 0 aliphatic heterocycles. The van der Waals surface area contributed by atoms with E-state index in [1.165, 1.54) is 12.5 Å². The van der Waals surface area contributed by atoms with E-state index in [2.05, 4.69) is 21.2 Å². The van der Waals surface area contributed by atoms with E-state index in [0.29, 0.717) is 5.76 Å². The van der Waals surface area contributed by atoms with E-state index in [-0.39, 0.29) is 19.0 Å². The number of nitrogens with one attached hydrogen (secondary N) is 3. The Balaban J connectivity index is 1.49. The standard InChI is InChI=1S/C28H26N4O3/c33-26(29-20-27(34)32-31-19-25-17-10-18-35-25)21-30-28(22-11-4-1-5-12-22,23-13-6-2-7-14-23)24-15-8-3-9-16-24/h1-19,30H,20-21H2,(H,29,33)(H,32,34). The molecule has 0 atom stereocenters. The molecule has 0 saturated heterocycles. The molecule has 2 amide bonds. The number of rotatable bonds is 10. The summed E-state index contributed by atoms with van der Waals surface area (Å²) in [5.74, 6) is -0.249. The predicted molar refractivity (Wildman–Crippen MR) is 135 cm³/mol. The largest absolute Gasteiger partial charge is 0.463 e. The van der Waals surface area contributed by atoms with Crippen LogP contribution in [0.25, 0.3) is 0 Å². The Morgan fingerprint density at radius 3 is 1.74 bits per heavy atom. The number of amides is 2. The van der Waals surface area contributed by atoms with Crippen LogP contribution >= 0.6 is 0 Å². The summed E-state index contributed by atoms with van der Waals surface area (Å²) in [6.45, 7) is -0.216. The molecule has 4 rings (SSSR count). The molecule has 0 fully saturated rings. The molecule has 3 aromatic carbocycles. The van der Waals surface area contributed by atoms with Gasteiger partial charge in [0.05, 0.1) is 31.1 Å². The van der Waals surface area contributed by atoms with E-state index in [0.717, 1.165) is 16.7 Å². The molecule has 1 heterocycles. The van der Waals surface area contributed by atoms with Crippen LogP contribution in [0.3, 0.4) is 0 Å². The van der Waals surface area contributed by atoms with E-state index in [1.54, 1.807) is 12.1 Å². The average molecular weight is 467 g/mol. The molecule has 0 spiro atoms. The Hall–Kier alpha value is -4.49. The van der Waals surface area contributed by atoms with Crippen molar-refractivity contribution in [2.45, 2.75) is 5.54 Å². The SMILES string of the molecule is O=C(CNC(c1ccccc1)(c1ccccc1)c1ccccc1)NCC(=O)NN=Cc1ccco1. The molecule has 35 heavy (non-hydrogen) atoms. The molecule has 0 aliphatic carbocycles. The summed E-state index contributed by atoms with van der Waals surface area (Å²) in [5, 5.41) is 9.93. The van der Waals surface area contributed by atoms with Crippen molar-refractivity contribution in [3.8, 4) is 0 Å². The summed E-state index contributed by atoms with van der Waals surface area (Å²) in [5.41, 5.74) is 4.58. The van der Waals surface area contributed by atoms with Gasteiger partial charge in [0.15, 0.2) is 0 Å². The number of benzene rings is 3. The van der Waals surface area contributed by atoms with Crippen LogP contribution < -0.4 is 16.1 Å². The fourth-order valence-electron chi connectivity index (χ4n) is 3.90. The van der Waals surface area contributed by atoms with Gasteiger partial charge in [-0.05, 0) is 28.8 Å². The van der Waals surface area contributed by atoms with Gasteiger partial charge in [-0.3, -0.25) is 14.9 Å². The summed E-state index contributed by atoms with van der Waals surface area (Å²) in [4.78, 5) is 24.8. The minimum absolute atomic E-state index is 0.0123. The number of hydrogen-bond donors (Lipinski definition) is 3. The average Bonchev–Trinajstić information content (AvgIpc) is 3.43. The lowest BCUT2D eigenvalue weighted by Crippen LogP contribution is -2.49. The van der Waals surface area contributed by atoms with Crippen LogP contribution in [-0.4, -0.2) is 31.1 Å². The van der Waals surface area contributed by atoms with Gasteiger partial charge in [0.1, 0.15) is 5.76 Å². The first kappa shape index (κ1) is 23.7. The van der Waals surface area contributed by atoms with Gasteiger partial charge in [0.25, 0.3) is 5.91 Å². The zero-order chi connectivity index (χ0) is 24.3. The highest BCUT2D eigenvalue weighted by molar-refractivity contribution is 5.86. The summed E-state index contributed by atoms with van der Waals surface area (Å²) in [6, 6.07) is 33.4. The Morgan fingerprint density at radius 1 is 0.714 bits per heavy atom. The summed E-state index contributed by atoms with van der Waals surface area (Å²) >= 11 is 0. The zero-order valence-corrected chi connectivity index (χ0v) is 19.1. The van der Waals surface area contributed by atoms with E-state index >= 15 is 0 Å². The van der Waals surface area contributed by atoms with Gasteiger partial charge in [0.2, 0.25) is 5.91 Å². The fourth-order valence-corrected chi connectivity index (χ4v) is 3.90. The number of hydrazone groups is 1. The van der Waals surface area contributed by atoms with Crippen LogP contribution in [0.5, 0.6) is 0 Å². The van der Waals surface area contributed by atoms with E-state index in [1.807, 2.05) is 91.0 Å². The third-order valence-corrected chi connectivity index (χ3v) is 5.50. The van der Waals surface area contributed by atoms with Crippen LogP contribution in [0.2, 0.25) is 0 Å². The predicted octanol–water partition coefficient (Wildman–Crippen LogP) is 3.43. The maximum atomic E-state index is 12.7. The lowest BCUT2D eigenvalue weighted by Gasteiger charge is -2.37. The summed E-state index contributed by atoms with van der Waals surface area (Å²) in [7, 11) is 0. The van der Waals surface area contributed by atoms with Gasteiger partial charge in [0, 0.05) is 0 Å². The van der Waals surface area contributed by atoms with E-state index < -0.39 is 11.4 Å². The first-order chi connectivity index (χ1) is 17.2. The second kappa shape index (κ2) is 11.6. The molecule has 0 radical (unpaired) electrons. The van der Waals surface area contributed by atoms with Gasteiger partial charge in [-0.1, -0.05) is 91.0 Å². The van der Waals surface area contributed by atoms with Crippen molar-refractivity contribution in [3.05, 3.63) is 132 Å². The molecule has 0 bridgehead atoms. The molecule has 176 valence electrons. The van der Waals surface area contributed by atoms with Crippen molar-refractivity contribution in [3.63, 3.8) is 0 Å². The second-order valence-electron chi connectivity index (χ2n) is 7.79. The monoisotopic (exact) mass is 466 g/mol. The molecule has 3 N–H and O–H groups in total. The number of hydrogen-bond acceptors (Lipinski definition) is 5. The molecule has 7 heteroatoms. The van der Waals surface area contributed by atoms with Crippen LogP contribution in [0.4, 0.5) is 0 Å². The van der Waals surface area contributed by atoms with E-state index in [4.69, 9.17) is 4.42 Å². The normalized spacial score (nSPS) is 11.3. The number of nitrogens with zero attached hydrogens (tertiary/aromatic N) is 1. The van der Waals surface area contributed by atoms with Gasteiger partial charge in [-0.15, -0.1) is 0 Å². The quantitative estimate of drug-likeness (QED) is 0.190. The van der Waals surface area contributed by atoms with E-state index in [9.17, 15) is 9.59 Å². The third-order valence-electron chi connectivity index (χ3n) is 5.50. The molecule has 1 aromatic heterocycles. The third kappa shape index (κ3) is 5.90.